The average Bonchev–Trinajstić information content (AvgIpc) is 3.12. The molecule has 0 radical (unpaired) electrons. The zero-order valence-electron chi connectivity index (χ0n) is 11.5. The molecule has 108 valence electrons. The Morgan fingerprint density at radius 3 is 2.75 bits per heavy atom. The van der Waals surface area contributed by atoms with E-state index in [0.29, 0.717) is 23.9 Å². The van der Waals surface area contributed by atoms with Crippen LogP contribution in [0.15, 0.2) is 18.2 Å². The lowest BCUT2D eigenvalue weighted by Crippen LogP contribution is -2.29. The molecule has 7 heteroatoms. The standard InChI is InChI=1S/C13H18N4O3/c1-8-5-10(8)7-16(2)13(18)9-3-4-12(17(19)20)11(6-9)15-14/h3-4,6,8,10,15H,5,7,14H2,1-2H3. The third kappa shape index (κ3) is 2.88. The van der Waals surface area contributed by atoms with Crippen molar-refractivity contribution in [1.29, 1.82) is 0 Å². The molecule has 0 saturated heterocycles. The van der Waals surface area contributed by atoms with Gasteiger partial charge in [0.15, 0.2) is 0 Å². The number of carbonyl (C=O) groups excluding carboxylic acids is 1. The number of hydrazine groups is 1. The number of nitro benzene ring substituents is 1. The Morgan fingerprint density at radius 1 is 1.60 bits per heavy atom. The summed E-state index contributed by atoms with van der Waals surface area (Å²) in [5.74, 6) is 6.34. The number of hydrogen-bond acceptors (Lipinski definition) is 5. The summed E-state index contributed by atoms with van der Waals surface area (Å²) in [4.78, 5) is 24.2. The number of benzene rings is 1. The van der Waals surface area contributed by atoms with Gasteiger partial charge >= 0.3 is 0 Å². The fraction of sp³-hybridized carbons (Fsp3) is 0.462. The lowest BCUT2D eigenvalue weighted by molar-refractivity contribution is -0.384. The molecule has 2 rings (SSSR count). The highest BCUT2D eigenvalue weighted by Crippen LogP contribution is 2.38. The molecule has 2 atom stereocenters. The number of carbonyl (C=O) groups is 1. The van der Waals surface area contributed by atoms with E-state index in [9.17, 15) is 14.9 Å². The van der Waals surface area contributed by atoms with Crippen LogP contribution in [0, 0.1) is 22.0 Å². The van der Waals surface area contributed by atoms with Crippen LogP contribution in [0.1, 0.15) is 23.7 Å². The number of hydrogen-bond donors (Lipinski definition) is 2. The van der Waals surface area contributed by atoms with Gasteiger partial charge in [0.2, 0.25) is 0 Å². The van der Waals surface area contributed by atoms with E-state index >= 15 is 0 Å². The summed E-state index contributed by atoms with van der Waals surface area (Å²) in [6, 6.07) is 4.15. The van der Waals surface area contributed by atoms with Crippen molar-refractivity contribution < 1.29 is 9.72 Å². The smallest absolute Gasteiger partial charge is 0.293 e. The quantitative estimate of drug-likeness (QED) is 0.484. The highest BCUT2D eigenvalue weighted by molar-refractivity contribution is 5.95. The molecule has 7 nitrogen and oxygen atoms in total. The molecule has 2 unspecified atom stereocenters. The summed E-state index contributed by atoms with van der Waals surface area (Å²) >= 11 is 0. The number of anilines is 1. The van der Waals surface area contributed by atoms with E-state index in [1.165, 1.54) is 18.2 Å². The predicted octanol–water partition coefficient (Wildman–Crippen LogP) is 1.61. The second kappa shape index (κ2) is 5.46. The number of nitrogens with one attached hydrogen (secondary N) is 1. The minimum absolute atomic E-state index is 0.133. The van der Waals surface area contributed by atoms with Gasteiger partial charge in [-0.2, -0.15) is 0 Å². The lowest BCUT2D eigenvalue weighted by atomic mass is 10.1. The molecule has 1 aromatic rings. The third-order valence-electron chi connectivity index (χ3n) is 3.73. The Hall–Kier alpha value is -2.15. The van der Waals surface area contributed by atoms with Gasteiger partial charge in [-0.05, 0) is 30.4 Å². The molecule has 0 aliphatic heterocycles. The van der Waals surface area contributed by atoms with Crippen LogP contribution >= 0.6 is 0 Å². The molecule has 20 heavy (non-hydrogen) atoms. The van der Waals surface area contributed by atoms with Gasteiger partial charge in [0.05, 0.1) is 4.92 Å². The first kappa shape index (κ1) is 14.3. The minimum Gasteiger partial charge on any atom is -0.341 e. The fourth-order valence-corrected chi connectivity index (χ4v) is 2.25. The Bertz CT molecular complexity index is 546. The second-order valence-corrected chi connectivity index (χ2v) is 5.29. The van der Waals surface area contributed by atoms with Crippen molar-refractivity contribution in [3.05, 3.63) is 33.9 Å². The largest absolute Gasteiger partial charge is 0.341 e. The fourth-order valence-electron chi connectivity index (χ4n) is 2.25. The van der Waals surface area contributed by atoms with E-state index in [4.69, 9.17) is 5.84 Å². The number of rotatable bonds is 5. The van der Waals surface area contributed by atoms with E-state index in [0.717, 1.165) is 6.42 Å². The van der Waals surface area contributed by atoms with Gasteiger partial charge in [0.1, 0.15) is 5.69 Å². The number of nitrogens with two attached hydrogens (primary N) is 1. The highest BCUT2D eigenvalue weighted by Gasteiger charge is 2.34. The molecule has 1 fully saturated rings. The van der Waals surface area contributed by atoms with E-state index in [1.54, 1.807) is 11.9 Å². The van der Waals surface area contributed by atoms with E-state index in [1.807, 2.05) is 0 Å². The third-order valence-corrected chi connectivity index (χ3v) is 3.73. The molecule has 0 heterocycles. The van der Waals surface area contributed by atoms with Crippen molar-refractivity contribution in [3.8, 4) is 0 Å². The van der Waals surface area contributed by atoms with Crippen molar-refractivity contribution in [3.63, 3.8) is 0 Å². The van der Waals surface area contributed by atoms with Crippen LogP contribution < -0.4 is 11.3 Å². The second-order valence-electron chi connectivity index (χ2n) is 5.29. The van der Waals surface area contributed by atoms with Crippen molar-refractivity contribution in [1.82, 2.24) is 4.90 Å². The molecular formula is C13H18N4O3. The van der Waals surface area contributed by atoms with Gasteiger partial charge in [0, 0.05) is 25.2 Å². The van der Waals surface area contributed by atoms with Crippen molar-refractivity contribution >= 4 is 17.3 Å². The summed E-state index contributed by atoms with van der Waals surface area (Å²) in [5.41, 5.74) is 2.63. The maximum atomic E-state index is 12.3. The summed E-state index contributed by atoms with van der Waals surface area (Å²) in [5, 5.41) is 10.8. The number of nitro groups is 1. The summed E-state index contributed by atoms with van der Waals surface area (Å²) in [6.45, 7) is 2.87. The SMILES string of the molecule is CC1CC1CN(C)C(=O)c1ccc([N+](=O)[O-])c(NN)c1. The van der Waals surface area contributed by atoms with Gasteiger partial charge in [-0.15, -0.1) is 0 Å². The van der Waals surface area contributed by atoms with Crippen LogP contribution in [-0.4, -0.2) is 29.3 Å². The zero-order chi connectivity index (χ0) is 14.9. The summed E-state index contributed by atoms with van der Waals surface area (Å²) in [6.07, 6.45) is 1.15. The van der Waals surface area contributed by atoms with Crippen LogP contribution in [0.2, 0.25) is 0 Å². The van der Waals surface area contributed by atoms with Crippen LogP contribution in [0.4, 0.5) is 11.4 Å². The lowest BCUT2D eigenvalue weighted by Gasteiger charge is -2.17. The Labute approximate surface area is 116 Å². The highest BCUT2D eigenvalue weighted by atomic mass is 16.6. The van der Waals surface area contributed by atoms with Crippen molar-refractivity contribution in [2.24, 2.45) is 17.7 Å². The van der Waals surface area contributed by atoms with Gasteiger partial charge in [-0.3, -0.25) is 20.8 Å². The van der Waals surface area contributed by atoms with E-state index in [-0.39, 0.29) is 17.3 Å². The first-order valence-electron chi connectivity index (χ1n) is 6.44. The first-order chi connectivity index (χ1) is 9.43. The van der Waals surface area contributed by atoms with Crippen molar-refractivity contribution in [2.45, 2.75) is 13.3 Å². The predicted molar refractivity (Wildman–Crippen MR) is 75.1 cm³/mol. The van der Waals surface area contributed by atoms with Gasteiger partial charge in [-0.1, -0.05) is 6.92 Å². The molecule has 1 amide bonds. The van der Waals surface area contributed by atoms with Gasteiger partial charge in [0.25, 0.3) is 11.6 Å². The Balaban J connectivity index is 2.15. The Kier molecular flexibility index (Phi) is 3.89. The number of nitrogens with zero attached hydrogens (tertiary/aromatic N) is 2. The topological polar surface area (TPSA) is 102 Å². The molecule has 3 N–H and O–H groups in total. The first-order valence-corrected chi connectivity index (χ1v) is 6.44. The van der Waals surface area contributed by atoms with Crippen LogP contribution in [-0.2, 0) is 0 Å². The zero-order valence-corrected chi connectivity index (χ0v) is 11.5. The summed E-state index contributed by atoms with van der Waals surface area (Å²) < 4.78 is 0. The average molecular weight is 278 g/mol. The Morgan fingerprint density at radius 2 is 2.25 bits per heavy atom. The number of nitrogen functional groups attached to an aromatic ring is 1. The molecule has 0 aromatic heterocycles. The van der Waals surface area contributed by atoms with Gasteiger partial charge in [-0.25, -0.2) is 0 Å². The maximum Gasteiger partial charge on any atom is 0.293 e. The van der Waals surface area contributed by atoms with E-state index < -0.39 is 4.92 Å². The van der Waals surface area contributed by atoms with Crippen LogP contribution in [0.3, 0.4) is 0 Å². The molecule has 0 bridgehead atoms. The molecule has 0 spiro atoms. The molecule has 1 aromatic carbocycles. The normalized spacial score (nSPS) is 20.4. The molecule has 1 aliphatic rings. The van der Waals surface area contributed by atoms with Crippen LogP contribution in [0.25, 0.3) is 0 Å². The monoisotopic (exact) mass is 278 g/mol. The minimum atomic E-state index is -0.543. The number of amides is 1. The molecule has 1 aliphatic carbocycles. The van der Waals surface area contributed by atoms with Crippen LogP contribution in [0.5, 0.6) is 0 Å². The maximum absolute atomic E-state index is 12.3. The molecule has 1 saturated carbocycles. The molecular weight excluding hydrogens is 260 g/mol. The van der Waals surface area contributed by atoms with E-state index in [2.05, 4.69) is 12.3 Å². The van der Waals surface area contributed by atoms with Gasteiger partial charge < -0.3 is 10.3 Å². The summed E-state index contributed by atoms with van der Waals surface area (Å²) in [7, 11) is 1.74. The van der Waals surface area contributed by atoms with Crippen molar-refractivity contribution in [2.75, 3.05) is 19.0 Å².